The van der Waals surface area contributed by atoms with Crippen molar-refractivity contribution in [3.05, 3.63) is 29.8 Å². The Labute approximate surface area is 109 Å². The Balaban J connectivity index is 1.83. The van der Waals surface area contributed by atoms with Crippen LogP contribution in [0.3, 0.4) is 0 Å². The molecule has 0 radical (unpaired) electrons. The molecule has 3 rings (SSSR count). The van der Waals surface area contributed by atoms with Crippen LogP contribution in [0, 0.1) is 17.3 Å². The van der Waals surface area contributed by atoms with Gasteiger partial charge in [0.15, 0.2) is 0 Å². The van der Waals surface area contributed by atoms with E-state index in [9.17, 15) is 5.11 Å². The Kier molecular flexibility index (Phi) is 3.06. The van der Waals surface area contributed by atoms with E-state index in [4.69, 9.17) is 0 Å². The van der Waals surface area contributed by atoms with Crippen LogP contribution in [-0.2, 0) is 6.42 Å². The molecule has 2 bridgehead atoms. The van der Waals surface area contributed by atoms with Gasteiger partial charge in [-0.05, 0) is 67.7 Å². The van der Waals surface area contributed by atoms with E-state index in [-0.39, 0.29) is 0 Å². The number of hydrogen-bond acceptors (Lipinski definition) is 2. The van der Waals surface area contributed by atoms with Gasteiger partial charge in [-0.3, -0.25) is 0 Å². The van der Waals surface area contributed by atoms with E-state index in [0.29, 0.717) is 11.2 Å². The molecule has 2 heteroatoms. The summed E-state index contributed by atoms with van der Waals surface area (Å²) in [5.74, 6) is 2.24. The van der Waals surface area contributed by atoms with Crippen molar-refractivity contribution < 1.29 is 5.11 Å². The first kappa shape index (κ1) is 12.0. The zero-order valence-electron chi connectivity index (χ0n) is 11.2. The Morgan fingerprint density at radius 3 is 2.89 bits per heavy atom. The molecule has 2 N–H and O–H groups in total. The van der Waals surface area contributed by atoms with Crippen LogP contribution >= 0.6 is 0 Å². The van der Waals surface area contributed by atoms with Gasteiger partial charge in [0.2, 0.25) is 0 Å². The van der Waals surface area contributed by atoms with Crippen LogP contribution in [0.25, 0.3) is 0 Å². The second kappa shape index (κ2) is 4.58. The molecule has 1 aromatic carbocycles. The summed E-state index contributed by atoms with van der Waals surface area (Å²) in [6.07, 6.45) is 6.76. The van der Waals surface area contributed by atoms with E-state index < -0.39 is 0 Å². The largest absolute Gasteiger partial charge is 0.508 e. The van der Waals surface area contributed by atoms with Gasteiger partial charge in [-0.2, -0.15) is 0 Å². The van der Waals surface area contributed by atoms with Gasteiger partial charge in [-0.25, -0.2) is 0 Å². The fourth-order valence-electron chi connectivity index (χ4n) is 4.48. The molecule has 0 amide bonds. The summed E-state index contributed by atoms with van der Waals surface area (Å²) < 4.78 is 0. The molecule has 0 aliphatic heterocycles. The monoisotopic (exact) mass is 245 g/mol. The van der Waals surface area contributed by atoms with Crippen molar-refractivity contribution in [2.45, 2.75) is 32.1 Å². The molecule has 1 aromatic rings. The predicted molar refractivity (Wildman–Crippen MR) is 73.6 cm³/mol. The Morgan fingerprint density at radius 2 is 2.28 bits per heavy atom. The summed E-state index contributed by atoms with van der Waals surface area (Å²) in [4.78, 5) is 0. The van der Waals surface area contributed by atoms with Crippen LogP contribution < -0.4 is 5.32 Å². The second-order valence-corrected chi connectivity index (χ2v) is 6.32. The Morgan fingerprint density at radius 1 is 1.39 bits per heavy atom. The fraction of sp³-hybridized carbons (Fsp3) is 0.625. The number of hydrogen-bond donors (Lipinski definition) is 2. The molecule has 0 heterocycles. The summed E-state index contributed by atoms with van der Waals surface area (Å²) in [6.45, 7) is 1.11. The van der Waals surface area contributed by atoms with Crippen molar-refractivity contribution in [2.24, 2.45) is 17.3 Å². The summed E-state index contributed by atoms with van der Waals surface area (Å²) in [5.41, 5.74) is 1.73. The van der Waals surface area contributed by atoms with E-state index in [1.807, 2.05) is 12.1 Å². The molecule has 18 heavy (non-hydrogen) atoms. The summed E-state index contributed by atoms with van der Waals surface area (Å²) >= 11 is 0. The van der Waals surface area contributed by atoms with Crippen molar-refractivity contribution in [3.63, 3.8) is 0 Å². The Hall–Kier alpha value is -1.02. The van der Waals surface area contributed by atoms with Gasteiger partial charge < -0.3 is 10.4 Å². The minimum atomic E-state index is 0.398. The maximum absolute atomic E-state index is 9.62. The first-order chi connectivity index (χ1) is 8.72. The SMILES string of the molecule is CNCC1(Cc2cccc(O)c2)CC2CCC1C2. The van der Waals surface area contributed by atoms with Crippen LogP contribution in [-0.4, -0.2) is 18.7 Å². The molecule has 2 aliphatic rings. The molecule has 3 unspecified atom stereocenters. The van der Waals surface area contributed by atoms with E-state index >= 15 is 0 Å². The van der Waals surface area contributed by atoms with Gasteiger partial charge in [-0.15, -0.1) is 0 Å². The van der Waals surface area contributed by atoms with Crippen LogP contribution in [0.5, 0.6) is 5.75 Å². The third-order valence-electron chi connectivity index (χ3n) is 5.10. The van der Waals surface area contributed by atoms with E-state index in [1.165, 1.54) is 31.2 Å². The van der Waals surface area contributed by atoms with Crippen molar-refractivity contribution in [2.75, 3.05) is 13.6 Å². The highest BCUT2D eigenvalue weighted by molar-refractivity contribution is 5.28. The van der Waals surface area contributed by atoms with Gasteiger partial charge in [-0.1, -0.05) is 18.6 Å². The van der Waals surface area contributed by atoms with Gasteiger partial charge in [0.25, 0.3) is 0 Å². The number of fused-ring (bicyclic) bond motifs is 2. The molecule has 0 saturated heterocycles. The van der Waals surface area contributed by atoms with Crippen LogP contribution in [0.2, 0.25) is 0 Å². The van der Waals surface area contributed by atoms with Crippen molar-refractivity contribution >= 4 is 0 Å². The highest BCUT2D eigenvalue weighted by atomic mass is 16.3. The lowest BCUT2D eigenvalue weighted by atomic mass is 9.69. The third-order valence-corrected chi connectivity index (χ3v) is 5.10. The molecule has 0 aromatic heterocycles. The summed E-state index contributed by atoms with van der Waals surface area (Å²) in [6, 6.07) is 7.81. The number of phenols is 1. The number of phenolic OH excluding ortho intramolecular Hbond substituents is 1. The minimum Gasteiger partial charge on any atom is -0.508 e. The normalized spacial score (nSPS) is 34.1. The zero-order valence-corrected chi connectivity index (χ0v) is 11.2. The molecular formula is C16H23NO. The number of benzene rings is 1. The molecule has 2 fully saturated rings. The smallest absolute Gasteiger partial charge is 0.115 e. The molecule has 2 nitrogen and oxygen atoms in total. The lowest BCUT2D eigenvalue weighted by molar-refractivity contribution is 0.160. The number of aromatic hydroxyl groups is 1. The molecule has 0 spiro atoms. The van der Waals surface area contributed by atoms with Crippen molar-refractivity contribution in [1.29, 1.82) is 0 Å². The van der Waals surface area contributed by atoms with E-state index in [0.717, 1.165) is 24.8 Å². The highest BCUT2D eigenvalue weighted by Crippen LogP contribution is 2.57. The predicted octanol–water partition coefficient (Wildman–Crippen LogP) is 2.96. The first-order valence-corrected chi connectivity index (χ1v) is 7.14. The third kappa shape index (κ3) is 2.03. The van der Waals surface area contributed by atoms with E-state index in [1.54, 1.807) is 6.07 Å². The quantitative estimate of drug-likeness (QED) is 0.854. The average Bonchev–Trinajstić information content (AvgIpc) is 2.89. The second-order valence-electron chi connectivity index (χ2n) is 6.32. The van der Waals surface area contributed by atoms with Gasteiger partial charge in [0.05, 0.1) is 0 Å². The fourth-order valence-corrected chi connectivity index (χ4v) is 4.48. The number of rotatable bonds is 4. The van der Waals surface area contributed by atoms with Gasteiger partial charge in [0.1, 0.15) is 5.75 Å². The zero-order chi connectivity index (χ0) is 12.6. The van der Waals surface area contributed by atoms with Crippen molar-refractivity contribution in [1.82, 2.24) is 5.32 Å². The maximum atomic E-state index is 9.62. The standard InChI is InChI=1S/C16H23NO/c1-17-11-16(10-13-5-6-14(16)7-13)9-12-3-2-4-15(18)8-12/h2-4,8,13-14,17-18H,5-7,9-11H2,1H3. The average molecular weight is 245 g/mol. The summed E-state index contributed by atoms with van der Waals surface area (Å²) in [5, 5.41) is 13.0. The van der Waals surface area contributed by atoms with E-state index in [2.05, 4.69) is 18.4 Å². The first-order valence-electron chi connectivity index (χ1n) is 7.14. The van der Waals surface area contributed by atoms with Gasteiger partial charge in [0, 0.05) is 6.54 Å². The van der Waals surface area contributed by atoms with Crippen LogP contribution in [0.4, 0.5) is 0 Å². The molecule has 2 aliphatic carbocycles. The molecule has 98 valence electrons. The van der Waals surface area contributed by atoms with Crippen LogP contribution in [0.15, 0.2) is 24.3 Å². The minimum absolute atomic E-state index is 0.398. The van der Waals surface area contributed by atoms with Crippen LogP contribution in [0.1, 0.15) is 31.2 Å². The van der Waals surface area contributed by atoms with Gasteiger partial charge >= 0.3 is 0 Å². The van der Waals surface area contributed by atoms with Crippen molar-refractivity contribution in [3.8, 4) is 5.75 Å². The lowest BCUT2D eigenvalue weighted by Gasteiger charge is -2.38. The highest BCUT2D eigenvalue weighted by Gasteiger charge is 2.50. The topological polar surface area (TPSA) is 32.3 Å². The lowest BCUT2D eigenvalue weighted by Crippen LogP contribution is -2.39. The summed E-state index contributed by atoms with van der Waals surface area (Å²) in [7, 11) is 2.07. The maximum Gasteiger partial charge on any atom is 0.115 e. The Bertz CT molecular complexity index is 431. The molecule has 3 atom stereocenters. The molecular weight excluding hydrogens is 222 g/mol. The number of nitrogens with one attached hydrogen (secondary N) is 1. The molecule has 2 saturated carbocycles.